The summed E-state index contributed by atoms with van der Waals surface area (Å²) < 4.78 is 0. The third-order valence-corrected chi connectivity index (χ3v) is 3.81. The van der Waals surface area contributed by atoms with E-state index in [9.17, 15) is 4.79 Å². The normalized spacial score (nSPS) is 21.4. The summed E-state index contributed by atoms with van der Waals surface area (Å²) >= 11 is 0. The van der Waals surface area contributed by atoms with Gasteiger partial charge in [-0.1, -0.05) is 6.92 Å². The highest BCUT2D eigenvalue weighted by Crippen LogP contribution is 2.17. The second-order valence-electron chi connectivity index (χ2n) is 5.59. The van der Waals surface area contributed by atoms with Crippen molar-refractivity contribution in [1.29, 1.82) is 0 Å². The molecule has 2 rings (SSSR count). The third kappa shape index (κ3) is 3.66. The molecule has 1 aliphatic rings. The molecule has 1 fully saturated rings. The molecule has 2 atom stereocenters. The molecule has 0 spiro atoms. The summed E-state index contributed by atoms with van der Waals surface area (Å²) in [5.74, 6) is 0.647. The lowest BCUT2D eigenvalue weighted by atomic mass is 9.99. The van der Waals surface area contributed by atoms with Crippen LogP contribution in [0.4, 0.5) is 5.82 Å². The lowest BCUT2D eigenvalue weighted by Gasteiger charge is -2.35. The molecular weight excluding hydrogens is 254 g/mol. The maximum atomic E-state index is 12.0. The van der Waals surface area contributed by atoms with Gasteiger partial charge < -0.3 is 11.1 Å². The minimum Gasteiger partial charge on any atom is -0.382 e. The van der Waals surface area contributed by atoms with E-state index >= 15 is 0 Å². The lowest BCUT2D eigenvalue weighted by Crippen LogP contribution is -2.46. The van der Waals surface area contributed by atoms with Gasteiger partial charge in [0.05, 0.1) is 0 Å². The fraction of sp³-hybridized carbons (Fsp3) is 0.643. The van der Waals surface area contributed by atoms with E-state index in [-0.39, 0.29) is 17.4 Å². The first kappa shape index (κ1) is 14.7. The molecule has 20 heavy (non-hydrogen) atoms. The summed E-state index contributed by atoms with van der Waals surface area (Å²) in [5, 5.41) is 2.89. The highest BCUT2D eigenvalue weighted by molar-refractivity contribution is 5.96. The number of carbonyl (C=O) groups is 1. The number of likely N-dealkylation sites (tertiary alicyclic amines) is 1. The molecule has 6 nitrogen and oxygen atoms in total. The number of nitrogens with two attached hydrogens (primary N) is 1. The molecule has 0 aliphatic carbocycles. The van der Waals surface area contributed by atoms with Crippen LogP contribution in [0.1, 0.15) is 37.2 Å². The summed E-state index contributed by atoms with van der Waals surface area (Å²) in [5.41, 5.74) is 5.84. The zero-order valence-corrected chi connectivity index (χ0v) is 12.2. The van der Waals surface area contributed by atoms with Crippen molar-refractivity contribution in [3.63, 3.8) is 0 Å². The Morgan fingerprint density at radius 2 is 2.30 bits per heavy atom. The van der Waals surface area contributed by atoms with Crippen molar-refractivity contribution in [2.24, 2.45) is 5.92 Å². The molecule has 3 N–H and O–H groups in total. The number of nitrogen functional groups attached to an aromatic ring is 1. The molecule has 0 unspecified atom stereocenters. The number of piperidine rings is 1. The Bertz CT molecular complexity index is 465. The van der Waals surface area contributed by atoms with E-state index in [1.165, 1.54) is 25.2 Å². The van der Waals surface area contributed by atoms with Crippen LogP contribution in [-0.2, 0) is 0 Å². The van der Waals surface area contributed by atoms with E-state index in [4.69, 9.17) is 5.73 Å². The first-order valence-corrected chi connectivity index (χ1v) is 7.16. The molecule has 1 saturated heterocycles. The Labute approximate surface area is 119 Å². The van der Waals surface area contributed by atoms with Crippen molar-refractivity contribution in [1.82, 2.24) is 20.2 Å². The van der Waals surface area contributed by atoms with E-state index in [0.29, 0.717) is 12.6 Å². The van der Waals surface area contributed by atoms with Crippen molar-refractivity contribution in [2.45, 2.75) is 32.7 Å². The zero-order valence-electron chi connectivity index (χ0n) is 12.2. The van der Waals surface area contributed by atoms with Crippen LogP contribution in [0.15, 0.2) is 12.4 Å². The quantitative estimate of drug-likeness (QED) is 0.854. The number of hydrogen-bond donors (Lipinski definition) is 2. The number of carbonyl (C=O) groups excluding carboxylic acids is 1. The zero-order chi connectivity index (χ0) is 14.5. The van der Waals surface area contributed by atoms with Gasteiger partial charge in [0.1, 0.15) is 0 Å². The monoisotopic (exact) mass is 277 g/mol. The Balaban J connectivity index is 1.85. The number of amides is 1. The maximum absolute atomic E-state index is 12.0. The minimum atomic E-state index is -0.257. The fourth-order valence-corrected chi connectivity index (χ4v) is 2.60. The van der Waals surface area contributed by atoms with E-state index in [1.807, 2.05) is 0 Å². The molecule has 0 aromatic carbocycles. The Kier molecular flexibility index (Phi) is 4.89. The first-order chi connectivity index (χ1) is 9.58. The van der Waals surface area contributed by atoms with Crippen molar-refractivity contribution in [3.05, 3.63) is 18.1 Å². The smallest absolute Gasteiger partial charge is 0.273 e. The molecule has 1 aromatic rings. The van der Waals surface area contributed by atoms with Crippen LogP contribution in [0.5, 0.6) is 0 Å². The fourth-order valence-electron chi connectivity index (χ4n) is 2.60. The number of hydrogen-bond acceptors (Lipinski definition) is 5. The summed E-state index contributed by atoms with van der Waals surface area (Å²) in [6.07, 6.45) is 5.48. The summed E-state index contributed by atoms with van der Waals surface area (Å²) in [7, 11) is 0. The Morgan fingerprint density at radius 1 is 1.55 bits per heavy atom. The number of rotatable bonds is 4. The molecule has 0 bridgehead atoms. The molecule has 110 valence electrons. The molecule has 6 heteroatoms. The average molecular weight is 277 g/mol. The second-order valence-corrected chi connectivity index (χ2v) is 5.59. The number of anilines is 1. The van der Waals surface area contributed by atoms with Crippen LogP contribution in [-0.4, -0.2) is 46.5 Å². The predicted octanol–water partition coefficient (Wildman–Crippen LogP) is 0.909. The van der Waals surface area contributed by atoms with Gasteiger partial charge in [-0.05, 0) is 32.2 Å². The van der Waals surface area contributed by atoms with Crippen LogP contribution in [0, 0.1) is 5.92 Å². The van der Waals surface area contributed by atoms with Gasteiger partial charge in [-0.25, -0.2) is 9.97 Å². The summed E-state index contributed by atoms with van der Waals surface area (Å²) in [4.78, 5) is 22.3. The van der Waals surface area contributed by atoms with Crippen LogP contribution in [0.25, 0.3) is 0 Å². The number of aromatic nitrogens is 2. The molecule has 0 saturated carbocycles. The maximum Gasteiger partial charge on any atom is 0.273 e. The highest BCUT2D eigenvalue weighted by atomic mass is 16.1. The second kappa shape index (κ2) is 6.65. The van der Waals surface area contributed by atoms with Gasteiger partial charge >= 0.3 is 0 Å². The van der Waals surface area contributed by atoms with E-state index in [0.717, 1.165) is 19.0 Å². The Hall–Kier alpha value is -1.69. The largest absolute Gasteiger partial charge is 0.382 e. The van der Waals surface area contributed by atoms with Gasteiger partial charge in [-0.2, -0.15) is 0 Å². The minimum absolute atomic E-state index is 0.171. The predicted molar refractivity (Wildman–Crippen MR) is 78.2 cm³/mol. The average Bonchev–Trinajstić information content (AvgIpc) is 2.45. The van der Waals surface area contributed by atoms with Gasteiger partial charge in [-0.15, -0.1) is 0 Å². The molecule has 1 aliphatic heterocycles. The van der Waals surface area contributed by atoms with Crippen LogP contribution < -0.4 is 11.1 Å². The van der Waals surface area contributed by atoms with Crippen LogP contribution in [0.3, 0.4) is 0 Å². The van der Waals surface area contributed by atoms with Crippen molar-refractivity contribution in [3.8, 4) is 0 Å². The molecule has 0 radical (unpaired) electrons. The van der Waals surface area contributed by atoms with Crippen LogP contribution >= 0.6 is 0 Å². The van der Waals surface area contributed by atoms with E-state index < -0.39 is 0 Å². The van der Waals surface area contributed by atoms with Gasteiger partial charge in [0.15, 0.2) is 11.5 Å². The van der Waals surface area contributed by atoms with Crippen molar-refractivity contribution >= 4 is 11.7 Å². The SMILES string of the molecule is C[C@H]1CCCN([C@H](C)CNC(=O)c2nccnc2N)C1. The third-order valence-electron chi connectivity index (χ3n) is 3.81. The molecule has 2 heterocycles. The topological polar surface area (TPSA) is 84.1 Å². The highest BCUT2D eigenvalue weighted by Gasteiger charge is 2.21. The van der Waals surface area contributed by atoms with Gasteiger partial charge in [0.25, 0.3) is 5.91 Å². The van der Waals surface area contributed by atoms with Crippen molar-refractivity contribution in [2.75, 3.05) is 25.4 Å². The van der Waals surface area contributed by atoms with Gasteiger partial charge in [0.2, 0.25) is 0 Å². The van der Waals surface area contributed by atoms with Crippen LogP contribution in [0.2, 0.25) is 0 Å². The Morgan fingerprint density at radius 3 is 3.00 bits per heavy atom. The number of nitrogens with one attached hydrogen (secondary N) is 1. The lowest BCUT2D eigenvalue weighted by molar-refractivity contribution is 0.0913. The molecular formula is C14H23N5O. The summed E-state index contributed by atoms with van der Waals surface area (Å²) in [6, 6.07) is 0.319. The molecule has 1 aromatic heterocycles. The summed E-state index contributed by atoms with van der Waals surface area (Å²) in [6.45, 7) is 7.22. The number of nitrogens with zero attached hydrogens (tertiary/aromatic N) is 3. The van der Waals surface area contributed by atoms with Gasteiger partial charge in [-0.3, -0.25) is 9.69 Å². The molecule has 1 amide bonds. The standard InChI is InChI=1S/C14H23N5O/c1-10-4-3-7-19(9-10)11(2)8-18-14(20)12-13(15)17-6-5-16-12/h5-6,10-11H,3-4,7-9H2,1-2H3,(H2,15,17)(H,18,20)/t10-,11+/m0/s1. The van der Waals surface area contributed by atoms with E-state index in [2.05, 4.69) is 34.0 Å². The first-order valence-electron chi connectivity index (χ1n) is 7.16. The van der Waals surface area contributed by atoms with Gasteiger partial charge in [0, 0.05) is 31.5 Å². The van der Waals surface area contributed by atoms with E-state index in [1.54, 1.807) is 0 Å². The van der Waals surface area contributed by atoms with Crippen molar-refractivity contribution < 1.29 is 4.79 Å².